The third kappa shape index (κ3) is 4.85. The molecule has 1 aliphatic rings. The minimum absolute atomic E-state index is 0. The van der Waals surface area contributed by atoms with E-state index >= 15 is 0 Å². The SMILES string of the molecule is CC(N)C(=O)OC(C)C1CCCCC1.Cl. The first-order chi connectivity index (χ1) is 6.61. The van der Waals surface area contributed by atoms with E-state index in [1.165, 1.54) is 32.1 Å². The molecule has 0 aliphatic heterocycles. The van der Waals surface area contributed by atoms with Gasteiger partial charge in [0.2, 0.25) is 0 Å². The van der Waals surface area contributed by atoms with Crippen molar-refractivity contribution in [3.8, 4) is 0 Å². The molecule has 1 aliphatic carbocycles. The van der Waals surface area contributed by atoms with Crippen molar-refractivity contribution in [3.63, 3.8) is 0 Å². The number of halogens is 1. The summed E-state index contributed by atoms with van der Waals surface area (Å²) >= 11 is 0. The molecule has 3 nitrogen and oxygen atoms in total. The van der Waals surface area contributed by atoms with Crippen LogP contribution in [0.15, 0.2) is 0 Å². The second kappa shape index (κ2) is 7.07. The van der Waals surface area contributed by atoms with Crippen LogP contribution in [0.1, 0.15) is 46.0 Å². The van der Waals surface area contributed by atoms with Crippen molar-refractivity contribution in [3.05, 3.63) is 0 Å². The molecule has 90 valence electrons. The average Bonchev–Trinajstić information content (AvgIpc) is 2.19. The smallest absolute Gasteiger partial charge is 0.322 e. The topological polar surface area (TPSA) is 52.3 Å². The molecule has 0 amide bonds. The molecule has 2 N–H and O–H groups in total. The molecule has 0 saturated heterocycles. The summed E-state index contributed by atoms with van der Waals surface area (Å²) in [5.41, 5.74) is 5.44. The number of rotatable bonds is 3. The molecule has 0 heterocycles. The Kier molecular flexibility index (Phi) is 6.94. The van der Waals surface area contributed by atoms with E-state index in [-0.39, 0.29) is 24.5 Å². The summed E-state index contributed by atoms with van der Waals surface area (Å²) in [5.74, 6) is 0.273. The Bertz CT molecular complexity index is 191. The summed E-state index contributed by atoms with van der Waals surface area (Å²) in [6.45, 7) is 3.65. The van der Waals surface area contributed by atoms with Crippen molar-refractivity contribution < 1.29 is 9.53 Å². The van der Waals surface area contributed by atoms with Gasteiger partial charge in [0.1, 0.15) is 12.1 Å². The van der Waals surface area contributed by atoms with Crippen LogP contribution in [-0.4, -0.2) is 18.1 Å². The zero-order chi connectivity index (χ0) is 10.6. The van der Waals surface area contributed by atoms with Gasteiger partial charge in [-0.2, -0.15) is 0 Å². The lowest BCUT2D eigenvalue weighted by Crippen LogP contribution is -2.34. The number of hydrogen-bond acceptors (Lipinski definition) is 3. The Morgan fingerprint density at radius 2 is 1.80 bits per heavy atom. The quantitative estimate of drug-likeness (QED) is 0.764. The molecule has 0 aromatic heterocycles. The van der Waals surface area contributed by atoms with E-state index in [0.717, 1.165) is 0 Å². The van der Waals surface area contributed by atoms with Crippen LogP contribution >= 0.6 is 12.4 Å². The first kappa shape index (κ1) is 14.7. The Balaban J connectivity index is 0.00000196. The predicted octanol–water partition coefficient (Wildman–Crippen LogP) is 2.27. The fourth-order valence-corrected chi connectivity index (χ4v) is 1.99. The molecular weight excluding hydrogens is 214 g/mol. The van der Waals surface area contributed by atoms with Gasteiger partial charge in [-0.3, -0.25) is 4.79 Å². The lowest BCUT2D eigenvalue weighted by molar-refractivity contribution is -0.152. The molecular formula is C11H22ClNO2. The Hall–Kier alpha value is -0.280. The largest absolute Gasteiger partial charge is 0.461 e. The molecule has 0 aromatic carbocycles. The van der Waals surface area contributed by atoms with Crippen molar-refractivity contribution >= 4 is 18.4 Å². The van der Waals surface area contributed by atoms with Crippen molar-refractivity contribution in [2.75, 3.05) is 0 Å². The minimum atomic E-state index is -0.499. The van der Waals surface area contributed by atoms with E-state index in [2.05, 4.69) is 0 Å². The van der Waals surface area contributed by atoms with Crippen LogP contribution in [0, 0.1) is 5.92 Å². The lowest BCUT2D eigenvalue weighted by Gasteiger charge is -2.27. The summed E-state index contributed by atoms with van der Waals surface area (Å²) in [5, 5.41) is 0. The number of nitrogens with two attached hydrogens (primary N) is 1. The summed E-state index contributed by atoms with van der Waals surface area (Å²) in [6.07, 6.45) is 6.27. The molecule has 1 rings (SSSR count). The summed E-state index contributed by atoms with van der Waals surface area (Å²) in [4.78, 5) is 11.2. The van der Waals surface area contributed by atoms with Crippen LogP contribution in [-0.2, 0) is 9.53 Å². The van der Waals surface area contributed by atoms with E-state index in [4.69, 9.17) is 10.5 Å². The van der Waals surface area contributed by atoms with Gasteiger partial charge in [-0.15, -0.1) is 12.4 Å². The fraction of sp³-hybridized carbons (Fsp3) is 0.909. The highest BCUT2D eigenvalue weighted by atomic mass is 35.5. The van der Waals surface area contributed by atoms with E-state index in [1.807, 2.05) is 6.92 Å². The number of carbonyl (C=O) groups excluding carboxylic acids is 1. The molecule has 0 bridgehead atoms. The average molecular weight is 236 g/mol. The molecule has 15 heavy (non-hydrogen) atoms. The Morgan fingerprint density at radius 3 is 2.27 bits per heavy atom. The monoisotopic (exact) mass is 235 g/mol. The van der Waals surface area contributed by atoms with Gasteiger partial charge in [-0.25, -0.2) is 0 Å². The van der Waals surface area contributed by atoms with Crippen molar-refractivity contribution in [1.82, 2.24) is 0 Å². The summed E-state index contributed by atoms with van der Waals surface area (Å²) in [7, 11) is 0. The van der Waals surface area contributed by atoms with Gasteiger partial charge in [0.15, 0.2) is 0 Å². The van der Waals surface area contributed by atoms with E-state index in [1.54, 1.807) is 6.92 Å². The lowest BCUT2D eigenvalue weighted by atomic mass is 9.86. The van der Waals surface area contributed by atoms with Crippen molar-refractivity contribution in [2.45, 2.75) is 58.1 Å². The van der Waals surface area contributed by atoms with Gasteiger partial charge in [0, 0.05) is 0 Å². The highest BCUT2D eigenvalue weighted by Gasteiger charge is 2.23. The summed E-state index contributed by atoms with van der Waals surface area (Å²) < 4.78 is 5.29. The Morgan fingerprint density at radius 1 is 1.27 bits per heavy atom. The van der Waals surface area contributed by atoms with Crippen LogP contribution in [0.4, 0.5) is 0 Å². The van der Waals surface area contributed by atoms with Gasteiger partial charge >= 0.3 is 5.97 Å². The molecule has 1 fully saturated rings. The fourth-order valence-electron chi connectivity index (χ4n) is 1.99. The van der Waals surface area contributed by atoms with Crippen molar-refractivity contribution in [1.29, 1.82) is 0 Å². The molecule has 0 radical (unpaired) electrons. The zero-order valence-electron chi connectivity index (χ0n) is 9.57. The zero-order valence-corrected chi connectivity index (χ0v) is 10.4. The van der Waals surface area contributed by atoms with Crippen LogP contribution < -0.4 is 5.73 Å². The van der Waals surface area contributed by atoms with Gasteiger partial charge in [0.05, 0.1) is 0 Å². The van der Waals surface area contributed by atoms with E-state index in [9.17, 15) is 4.79 Å². The standard InChI is InChI=1S/C11H21NO2.ClH/c1-8(12)11(13)14-9(2)10-6-4-3-5-7-10;/h8-10H,3-7,12H2,1-2H3;1H. The number of hydrogen-bond donors (Lipinski definition) is 1. The minimum Gasteiger partial charge on any atom is -0.461 e. The van der Waals surface area contributed by atoms with Crippen molar-refractivity contribution in [2.24, 2.45) is 11.7 Å². The number of carbonyl (C=O) groups is 1. The molecule has 0 spiro atoms. The van der Waals surface area contributed by atoms with Crippen LogP contribution in [0.3, 0.4) is 0 Å². The predicted molar refractivity (Wildman–Crippen MR) is 63.0 cm³/mol. The normalized spacial score (nSPS) is 21.3. The van der Waals surface area contributed by atoms with Gasteiger partial charge in [-0.1, -0.05) is 19.3 Å². The third-order valence-corrected chi connectivity index (χ3v) is 2.99. The van der Waals surface area contributed by atoms with Crippen LogP contribution in [0.2, 0.25) is 0 Å². The third-order valence-electron chi connectivity index (χ3n) is 2.99. The highest BCUT2D eigenvalue weighted by Crippen LogP contribution is 2.27. The summed E-state index contributed by atoms with van der Waals surface area (Å²) in [6, 6.07) is -0.499. The second-order valence-corrected chi connectivity index (χ2v) is 4.33. The van der Waals surface area contributed by atoms with Gasteiger partial charge in [-0.05, 0) is 32.6 Å². The van der Waals surface area contributed by atoms with E-state index in [0.29, 0.717) is 5.92 Å². The van der Waals surface area contributed by atoms with E-state index < -0.39 is 6.04 Å². The highest BCUT2D eigenvalue weighted by molar-refractivity contribution is 5.85. The molecule has 2 unspecified atom stereocenters. The van der Waals surface area contributed by atoms with Crippen LogP contribution in [0.5, 0.6) is 0 Å². The second-order valence-electron chi connectivity index (χ2n) is 4.33. The van der Waals surface area contributed by atoms with Crippen LogP contribution in [0.25, 0.3) is 0 Å². The molecule has 4 heteroatoms. The van der Waals surface area contributed by atoms with Gasteiger partial charge in [0.25, 0.3) is 0 Å². The first-order valence-corrected chi connectivity index (χ1v) is 5.57. The van der Waals surface area contributed by atoms with Gasteiger partial charge < -0.3 is 10.5 Å². The maximum absolute atomic E-state index is 11.2. The number of ether oxygens (including phenoxy) is 1. The Labute approximate surface area is 98.2 Å². The molecule has 0 aromatic rings. The first-order valence-electron chi connectivity index (χ1n) is 5.57. The molecule has 1 saturated carbocycles. The number of esters is 1. The maximum atomic E-state index is 11.2. The maximum Gasteiger partial charge on any atom is 0.322 e. The molecule has 2 atom stereocenters.